The van der Waals surface area contributed by atoms with E-state index >= 15 is 0 Å². The maximum atomic E-state index is 6.32. The molecule has 4 aromatic heterocycles. The van der Waals surface area contributed by atoms with E-state index in [-0.39, 0.29) is 0 Å². The molecule has 0 aliphatic rings. The number of hydrogen-bond acceptors (Lipinski definition) is 6. The first-order valence-corrected chi connectivity index (χ1v) is 18.4. The summed E-state index contributed by atoms with van der Waals surface area (Å²) in [5, 5.41) is 9.25. The molecule has 6 heteroatoms. The van der Waals surface area contributed by atoms with Gasteiger partial charge in [0.2, 0.25) is 0 Å². The maximum Gasteiger partial charge on any atom is 0.174 e. The first-order valence-electron chi connectivity index (χ1n) is 15.0. The number of ether oxygens (including phenoxy) is 2. The molecule has 0 saturated carbocycles. The Hall–Kier alpha value is -1.86. The topological polar surface area (TPSA) is 18.5 Å². The molecule has 1 aromatic carbocycles. The molecule has 2 unspecified atom stereocenters. The van der Waals surface area contributed by atoms with Crippen molar-refractivity contribution >= 4 is 65.5 Å². The molecule has 4 heterocycles. The third-order valence-electron chi connectivity index (χ3n) is 7.99. The van der Waals surface area contributed by atoms with Crippen LogP contribution in [0.2, 0.25) is 0 Å². The number of fused-ring (bicyclic) bond motifs is 2. The van der Waals surface area contributed by atoms with E-state index in [0.29, 0.717) is 11.8 Å². The highest BCUT2D eigenvalue weighted by atomic mass is 32.1. The lowest BCUT2D eigenvalue weighted by Crippen LogP contribution is -2.10. The van der Waals surface area contributed by atoms with Crippen LogP contribution >= 0.6 is 45.3 Å². The van der Waals surface area contributed by atoms with Crippen LogP contribution in [0.1, 0.15) is 79.1 Å². The number of thiophene rings is 4. The van der Waals surface area contributed by atoms with Crippen LogP contribution in [0, 0.1) is 11.8 Å². The van der Waals surface area contributed by atoms with Crippen molar-refractivity contribution in [2.45, 2.75) is 79.1 Å². The van der Waals surface area contributed by atoms with E-state index in [1.165, 1.54) is 92.4 Å². The monoisotopic (exact) mass is 610 g/mol. The molecule has 2 nitrogen and oxygen atoms in total. The summed E-state index contributed by atoms with van der Waals surface area (Å²) in [5.74, 6) is 1.28. The van der Waals surface area contributed by atoms with Gasteiger partial charge in [0.25, 0.3) is 0 Å². The molecule has 0 saturated heterocycles. The summed E-state index contributed by atoms with van der Waals surface area (Å²) in [4.78, 5) is 2.60. The third-order valence-corrected chi connectivity index (χ3v) is 11.9. The van der Waals surface area contributed by atoms with E-state index < -0.39 is 0 Å². The largest absolute Gasteiger partial charge is 0.484 e. The summed E-state index contributed by atoms with van der Waals surface area (Å²) in [6.45, 7) is 10.7. The van der Waals surface area contributed by atoms with Gasteiger partial charge in [0.15, 0.2) is 10.1 Å². The Morgan fingerprint density at radius 1 is 0.600 bits per heavy atom. The zero-order valence-electron chi connectivity index (χ0n) is 24.3. The van der Waals surface area contributed by atoms with Crippen LogP contribution < -0.4 is 9.47 Å². The number of unbranched alkanes of at least 4 members (excludes halogenated alkanes) is 2. The molecular weight excluding hydrogens is 569 g/mol. The van der Waals surface area contributed by atoms with E-state index in [2.05, 4.69) is 74.9 Å². The van der Waals surface area contributed by atoms with Crippen molar-refractivity contribution < 1.29 is 9.47 Å². The summed E-state index contributed by atoms with van der Waals surface area (Å²) >= 11 is 7.29. The fourth-order valence-electron chi connectivity index (χ4n) is 5.39. The molecule has 0 bridgehead atoms. The fraction of sp³-hybridized carbons (Fsp3) is 0.471. The Balaban J connectivity index is 1.42. The molecule has 0 fully saturated rings. The Labute approximate surface area is 256 Å². The van der Waals surface area contributed by atoms with Crippen molar-refractivity contribution in [3.8, 4) is 31.0 Å². The standard InChI is InChI=1S/C34H42O2S4/c1-5-9-11-23(7-3)21-35-29-15-13-27(39-29)31-25-17-19-38-34(25)32(26-18-20-37-33(26)31)28-14-16-30(40-28)36-22-24(8-4)12-10-6-2/h13-20,23-24H,5-12,21-22H2,1-4H3. The van der Waals surface area contributed by atoms with E-state index in [1.807, 2.05) is 22.7 Å². The van der Waals surface area contributed by atoms with E-state index in [9.17, 15) is 0 Å². The predicted octanol–water partition coefficient (Wildman–Crippen LogP) is 12.8. The van der Waals surface area contributed by atoms with Crippen LogP contribution in [0.3, 0.4) is 0 Å². The number of rotatable bonds is 16. The van der Waals surface area contributed by atoms with Gasteiger partial charge in [-0.1, -0.05) is 88.9 Å². The van der Waals surface area contributed by atoms with Crippen LogP contribution in [0.5, 0.6) is 10.1 Å². The van der Waals surface area contributed by atoms with Crippen molar-refractivity contribution in [3.63, 3.8) is 0 Å². The maximum absolute atomic E-state index is 6.32. The first-order chi connectivity index (χ1) is 19.7. The van der Waals surface area contributed by atoms with Crippen molar-refractivity contribution in [1.82, 2.24) is 0 Å². The number of benzene rings is 1. The zero-order chi connectivity index (χ0) is 27.9. The molecule has 0 amide bonds. The second-order valence-electron chi connectivity index (χ2n) is 10.8. The van der Waals surface area contributed by atoms with Crippen LogP contribution in [-0.4, -0.2) is 13.2 Å². The number of hydrogen-bond donors (Lipinski definition) is 0. The van der Waals surface area contributed by atoms with Gasteiger partial charge in [-0.05, 0) is 71.8 Å². The van der Waals surface area contributed by atoms with Crippen LogP contribution in [0.25, 0.3) is 41.1 Å². The SMILES string of the molecule is CCCCC(CC)COc1ccc(-c2c3ccsc3c(-c3ccc(OCC(CC)CCCC)s3)c3ccsc23)s1. The quantitative estimate of drug-likeness (QED) is 0.111. The minimum absolute atomic E-state index is 0.640. The normalized spacial score (nSPS) is 13.3. The van der Waals surface area contributed by atoms with Gasteiger partial charge < -0.3 is 9.47 Å². The summed E-state index contributed by atoms with van der Waals surface area (Å²) in [6.07, 6.45) is 9.94. The molecular formula is C34H42O2S4. The Bertz CT molecular complexity index is 1330. The Morgan fingerprint density at radius 2 is 1.05 bits per heavy atom. The molecule has 40 heavy (non-hydrogen) atoms. The van der Waals surface area contributed by atoms with Crippen molar-refractivity contribution in [2.75, 3.05) is 13.2 Å². The highest BCUT2D eigenvalue weighted by Crippen LogP contribution is 2.51. The van der Waals surface area contributed by atoms with Crippen molar-refractivity contribution in [1.29, 1.82) is 0 Å². The molecule has 0 aliphatic heterocycles. The highest BCUT2D eigenvalue weighted by molar-refractivity contribution is 7.23. The Kier molecular flexibility index (Phi) is 10.6. The molecule has 0 radical (unpaired) electrons. The average Bonchev–Trinajstić information content (AvgIpc) is 3.79. The zero-order valence-corrected chi connectivity index (χ0v) is 27.6. The van der Waals surface area contributed by atoms with Gasteiger partial charge in [0.1, 0.15) is 0 Å². The van der Waals surface area contributed by atoms with Gasteiger partial charge in [-0.25, -0.2) is 0 Å². The highest BCUT2D eigenvalue weighted by Gasteiger charge is 2.21. The minimum atomic E-state index is 0.640. The van der Waals surface area contributed by atoms with E-state index in [0.717, 1.165) is 23.3 Å². The summed E-state index contributed by atoms with van der Waals surface area (Å²) in [6, 6.07) is 13.5. The lowest BCUT2D eigenvalue weighted by Gasteiger charge is -2.14. The lowest BCUT2D eigenvalue weighted by molar-refractivity contribution is 0.239. The molecule has 0 spiro atoms. The molecule has 5 rings (SSSR count). The summed E-state index contributed by atoms with van der Waals surface area (Å²) < 4.78 is 15.4. The third kappa shape index (κ3) is 6.61. The van der Waals surface area contributed by atoms with Gasteiger partial charge in [0.05, 0.1) is 13.2 Å². The minimum Gasteiger partial charge on any atom is -0.484 e. The summed E-state index contributed by atoms with van der Waals surface area (Å²) in [5.41, 5.74) is 2.72. The van der Waals surface area contributed by atoms with Gasteiger partial charge in [-0.2, -0.15) is 0 Å². The molecule has 214 valence electrons. The van der Waals surface area contributed by atoms with E-state index in [4.69, 9.17) is 9.47 Å². The second kappa shape index (κ2) is 14.4. The van der Waals surface area contributed by atoms with E-state index in [1.54, 1.807) is 22.7 Å². The van der Waals surface area contributed by atoms with Crippen LogP contribution in [-0.2, 0) is 0 Å². The smallest absolute Gasteiger partial charge is 0.174 e. The van der Waals surface area contributed by atoms with Gasteiger partial charge in [-0.3, -0.25) is 0 Å². The second-order valence-corrected chi connectivity index (χ2v) is 14.7. The Morgan fingerprint density at radius 3 is 1.45 bits per heavy atom. The molecule has 0 N–H and O–H groups in total. The van der Waals surface area contributed by atoms with Crippen LogP contribution in [0.4, 0.5) is 0 Å². The molecule has 5 aromatic rings. The van der Waals surface area contributed by atoms with Crippen molar-refractivity contribution in [3.05, 3.63) is 47.2 Å². The summed E-state index contributed by atoms with van der Waals surface area (Å²) in [7, 11) is 0. The lowest BCUT2D eigenvalue weighted by atomic mass is 10.0. The van der Waals surface area contributed by atoms with Gasteiger partial charge >= 0.3 is 0 Å². The predicted molar refractivity (Wildman–Crippen MR) is 181 cm³/mol. The molecule has 0 aliphatic carbocycles. The fourth-order valence-corrected chi connectivity index (χ4v) is 9.33. The van der Waals surface area contributed by atoms with Gasteiger partial charge in [0, 0.05) is 41.1 Å². The average molecular weight is 611 g/mol. The van der Waals surface area contributed by atoms with Gasteiger partial charge in [-0.15, -0.1) is 22.7 Å². The first kappa shape index (κ1) is 29.6. The van der Waals surface area contributed by atoms with Crippen molar-refractivity contribution in [2.24, 2.45) is 11.8 Å². The molecule has 2 atom stereocenters. The van der Waals surface area contributed by atoms with Crippen LogP contribution in [0.15, 0.2) is 47.2 Å².